The number of ether oxygens (including phenoxy) is 3. The molecule has 2 heterocycles. The molecule has 0 spiro atoms. The minimum absolute atomic E-state index is 0.0921. The maximum atomic E-state index is 11.5. The predicted octanol–water partition coefficient (Wildman–Crippen LogP) is 0.428. The highest BCUT2D eigenvalue weighted by molar-refractivity contribution is 6.01. The van der Waals surface area contributed by atoms with Crippen LogP contribution in [0.15, 0.2) is 42.2 Å². The third-order valence-corrected chi connectivity index (χ3v) is 4.35. The Morgan fingerprint density at radius 2 is 2.18 bits per heavy atom. The van der Waals surface area contributed by atoms with E-state index in [0.717, 1.165) is 0 Å². The first kappa shape index (κ1) is 13.4. The minimum atomic E-state index is -1.69. The molecule has 22 heavy (non-hydrogen) atoms. The lowest BCUT2D eigenvalue weighted by Crippen LogP contribution is -2.61. The van der Waals surface area contributed by atoms with Gasteiger partial charge in [-0.15, -0.1) is 0 Å². The van der Waals surface area contributed by atoms with Gasteiger partial charge in [-0.1, -0.05) is 0 Å². The highest BCUT2D eigenvalue weighted by Crippen LogP contribution is 2.52. The molecular formula is C16H14O6. The summed E-state index contributed by atoms with van der Waals surface area (Å²) in [7, 11) is 1.53. The first-order valence-electron chi connectivity index (χ1n) is 6.85. The van der Waals surface area contributed by atoms with Crippen molar-refractivity contribution < 1.29 is 29.2 Å². The lowest BCUT2D eigenvalue weighted by Gasteiger charge is -2.45. The third kappa shape index (κ3) is 1.53. The number of ketones is 1. The number of allylic oxidation sites excluding steroid dienone is 2. The minimum Gasteiger partial charge on any atom is -0.497 e. The van der Waals surface area contributed by atoms with E-state index in [9.17, 15) is 15.0 Å². The molecule has 0 bridgehead atoms. The van der Waals surface area contributed by atoms with Crippen molar-refractivity contribution in [3.63, 3.8) is 0 Å². The summed E-state index contributed by atoms with van der Waals surface area (Å²) in [4.78, 5) is 11.5. The highest BCUT2D eigenvalue weighted by atomic mass is 16.6. The van der Waals surface area contributed by atoms with E-state index >= 15 is 0 Å². The molecule has 4 rings (SSSR count). The molecule has 2 N–H and O–H groups in total. The van der Waals surface area contributed by atoms with Gasteiger partial charge in [0.2, 0.25) is 0 Å². The largest absolute Gasteiger partial charge is 0.497 e. The molecule has 1 saturated heterocycles. The van der Waals surface area contributed by atoms with Crippen LogP contribution in [0.3, 0.4) is 0 Å². The van der Waals surface area contributed by atoms with Gasteiger partial charge < -0.3 is 24.4 Å². The van der Waals surface area contributed by atoms with Crippen molar-refractivity contribution in [1.29, 1.82) is 0 Å². The quantitative estimate of drug-likeness (QED) is 0.782. The molecule has 6 nitrogen and oxygen atoms in total. The Balaban J connectivity index is 1.83. The van der Waals surface area contributed by atoms with Gasteiger partial charge in [0.15, 0.2) is 23.1 Å². The van der Waals surface area contributed by atoms with E-state index in [-0.39, 0.29) is 18.1 Å². The number of hydrogen-bond donors (Lipinski definition) is 2. The summed E-state index contributed by atoms with van der Waals surface area (Å²) < 4.78 is 16.4. The number of carbonyl (C=O) groups is 1. The average molecular weight is 302 g/mol. The maximum absolute atomic E-state index is 11.5. The summed E-state index contributed by atoms with van der Waals surface area (Å²) >= 11 is 0. The number of aliphatic hydroxyl groups is 2. The second kappa shape index (κ2) is 4.12. The van der Waals surface area contributed by atoms with E-state index in [0.29, 0.717) is 17.1 Å². The molecule has 1 aromatic carbocycles. The molecule has 1 fully saturated rings. The number of fused-ring (bicyclic) bond motifs is 5. The van der Waals surface area contributed by atoms with E-state index in [1.807, 2.05) is 0 Å². The van der Waals surface area contributed by atoms with E-state index in [1.54, 1.807) is 18.2 Å². The van der Waals surface area contributed by atoms with Crippen molar-refractivity contribution in [2.45, 2.75) is 17.3 Å². The van der Waals surface area contributed by atoms with Crippen LogP contribution in [0.1, 0.15) is 5.56 Å². The molecule has 0 saturated carbocycles. The summed E-state index contributed by atoms with van der Waals surface area (Å²) in [5.41, 5.74) is -2.66. The van der Waals surface area contributed by atoms with Crippen molar-refractivity contribution in [3.05, 3.63) is 47.7 Å². The number of carbonyl (C=O) groups excluding carboxylic acids is 1. The zero-order valence-corrected chi connectivity index (χ0v) is 11.8. The SMILES string of the molecule is COc1ccc2c(c1)O[C@H]1[C@@]3(O)C=CC(=O)C=C3OC[C@@]21O. The molecule has 6 heteroatoms. The van der Waals surface area contributed by atoms with Crippen LogP contribution >= 0.6 is 0 Å². The number of benzene rings is 1. The zero-order chi connectivity index (χ0) is 15.5. The lowest BCUT2D eigenvalue weighted by atomic mass is 9.76. The van der Waals surface area contributed by atoms with Gasteiger partial charge in [-0.25, -0.2) is 0 Å². The second-order valence-corrected chi connectivity index (χ2v) is 5.64. The molecule has 3 atom stereocenters. The molecule has 114 valence electrons. The van der Waals surface area contributed by atoms with Crippen molar-refractivity contribution in [2.75, 3.05) is 13.7 Å². The Morgan fingerprint density at radius 3 is 2.95 bits per heavy atom. The Kier molecular flexibility index (Phi) is 2.50. The fourth-order valence-electron chi connectivity index (χ4n) is 3.20. The van der Waals surface area contributed by atoms with E-state index in [4.69, 9.17) is 14.2 Å². The number of methoxy groups -OCH3 is 1. The van der Waals surface area contributed by atoms with Crippen LogP contribution in [-0.4, -0.2) is 41.4 Å². The first-order chi connectivity index (χ1) is 10.5. The van der Waals surface area contributed by atoms with Gasteiger partial charge >= 0.3 is 0 Å². The van der Waals surface area contributed by atoms with E-state index < -0.39 is 17.3 Å². The molecule has 0 amide bonds. The average Bonchev–Trinajstić information content (AvgIpc) is 2.82. The molecule has 0 radical (unpaired) electrons. The van der Waals surface area contributed by atoms with Gasteiger partial charge in [0.05, 0.1) is 7.11 Å². The van der Waals surface area contributed by atoms with Crippen LogP contribution in [-0.2, 0) is 15.1 Å². The van der Waals surface area contributed by atoms with Gasteiger partial charge in [-0.05, 0) is 24.3 Å². The van der Waals surface area contributed by atoms with Gasteiger partial charge in [0.25, 0.3) is 0 Å². The Morgan fingerprint density at radius 1 is 1.36 bits per heavy atom. The van der Waals surface area contributed by atoms with E-state index in [1.165, 1.54) is 25.3 Å². The van der Waals surface area contributed by atoms with Crippen LogP contribution in [0.5, 0.6) is 11.5 Å². The second-order valence-electron chi connectivity index (χ2n) is 5.64. The van der Waals surface area contributed by atoms with Crippen LogP contribution in [0, 0.1) is 0 Å². The monoisotopic (exact) mass is 302 g/mol. The Bertz CT molecular complexity index is 736. The predicted molar refractivity (Wildman–Crippen MR) is 74.4 cm³/mol. The van der Waals surface area contributed by atoms with Crippen LogP contribution in [0.25, 0.3) is 0 Å². The third-order valence-electron chi connectivity index (χ3n) is 4.35. The topological polar surface area (TPSA) is 85.2 Å². The van der Waals surface area contributed by atoms with Crippen LogP contribution < -0.4 is 9.47 Å². The lowest BCUT2D eigenvalue weighted by molar-refractivity contribution is -0.187. The Labute approximate surface area is 126 Å². The molecule has 1 aromatic rings. The smallest absolute Gasteiger partial charge is 0.181 e. The Hall–Kier alpha value is -2.31. The molecule has 1 aliphatic carbocycles. The normalized spacial score (nSPS) is 34.8. The fraction of sp³-hybridized carbons (Fsp3) is 0.312. The van der Waals surface area contributed by atoms with Crippen molar-refractivity contribution >= 4 is 5.78 Å². The van der Waals surface area contributed by atoms with Crippen LogP contribution in [0.4, 0.5) is 0 Å². The van der Waals surface area contributed by atoms with Gasteiger partial charge in [-0.3, -0.25) is 4.79 Å². The molecular weight excluding hydrogens is 288 g/mol. The van der Waals surface area contributed by atoms with Gasteiger partial charge in [-0.2, -0.15) is 0 Å². The highest BCUT2D eigenvalue weighted by Gasteiger charge is 2.63. The summed E-state index contributed by atoms with van der Waals surface area (Å²) in [6, 6.07) is 5.04. The molecule has 2 aliphatic heterocycles. The summed E-state index contributed by atoms with van der Waals surface area (Å²) in [6.07, 6.45) is 2.77. The van der Waals surface area contributed by atoms with E-state index in [2.05, 4.69) is 0 Å². The van der Waals surface area contributed by atoms with Crippen LogP contribution in [0.2, 0.25) is 0 Å². The summed E-state index contributed by atoms with van der Waals surface area (Å²) in [5.74, 6) is 0.825. The van der Waals surface area contributed by atoms with Crippen molar-refractivity contribution in [3.8, 4) is 11.5 Å². The fourth-order valence-corrected chi connectivity index (χ4v) is 3.20. The standard InChI is InChI=1S/C16H14O6/c1-20-10-2-3-11-12(7-10)22-14-15(18)5-4-9(17)6-13(15)21-8-16(11,14)19/h2-7,14,18-19H,8H2,1H3/t14-,15+,16+/m0/s1. The van der Waals surface area contributed by atoms with Crippen molar-refractivity contribution in [2.24, 2.45) is 0 Å². The molecule has 0 unspecified atom stereocenters. The van der Waals surface area contributed by atoms with Crippen molar-refractivity contribution in [1.82, 2.24) is 0 Å². The van der Waals surface area contributed by atoms with Gasteiger partial charge in [0, 0.05) is 17.7 Å². The summed E-state index contributed by atoms with van der Waals surface area (Å²) in [5, 5.41) is 21.9. The number of rotatable bonds is 1. The molecule has 0 aromatic heterocycles. The first-order valence-corrected chi connectivity index (χ1v) is 6.85. The maximum Gasteiger partial charge on any atom is 0.181 e. The summed E-state index contributed by atoms with van der Waals surface area (Å²) in [6.45, 7) is -0.105. The zero-order valence-electron chi connectivity index (χ0n) is 11.8. The van der Waals surface area contributed by atoms with Gasteiger partial charge in [0.1, 0.15) is 23.9 Å². The molecule has 3 aliphatic rings. The number of hydrogen-bond acceptors (Lipinski definition) is 6.